The molecule has 2 rings (SSSR count). The molecule has 0 aliphatic heterocycles. The number of nitriles is 1. The molecule has 9 nitrogen and oxygen atoms in total. The summed E-state index contributed by atoms with van der Waals surface area (Å²) in [5.74, 6) is -0.976. The van der Waals surface area contributed by atoms with E-state index in [2.05, 4.69) is 20.5 Å². The highest BCUT2D eigenvalue weighted by Gasteiger charge is 2.34. The minimum atomic E-state index is -4.78. The Morgan fingerprint density at radius 1 is 1.36 bits per heavy atom. The number of ether oxygens (including phenoxy) is 1. The number of nitrogens with zero attached hydrogens (tertiary/aromatic N) is 3. The fraction of sp³-hybridized carbons (Fsp3) is 0.250. The maximum Gasteiger partial charge on any atom is 0.417 e. The van der Waals surface area contributed by atoms with Crippen molar-refractivity contribution in [3.8, 4) is 6.07 Å². The second kappa shape index (κ2) is 8.40. The summed E-state index contributed by atoms with van der Waals surface area (Å²) >= 11 is 0. The lowest BCUT2D eigenvalue weighted by atomic mass is 10.1. The van der Waals surface area contributed by atoms with Crippen molar-refractivity contribution in [2.24, 2.45) is 0 Å². The number of carbonyl (C=O) groups is 2. The minimum absolute atomic E-state index is 0.233. The zero-order chi connectivity index (χ0) is 20.9. The smallest absolute Gasteiger partial charge is 0.417 e. The Bertz CT molecular complexity index is 920. The summed E-state index contributed by atoms with van der Waals surface area (Å²) in [5, 5.41) is 27.0. The quantitative estimate of drug-likeness (QED) is 0.707. The molecule has 1 heterocycles. The highest BCUT2D eigenvalue weighted by atomic mass is 19.4. The molecule has 3 N–H and O–H groups in total. The van der Waals surface area contributed by atoms with E-state index in [1.54, 1.807) is 0 Å². The van der Waals surface area contributed by atoms with Crippen molar-refractivity contribution in [1.82, 2.24) is 9.78 Å². The number of amides is 2. The van der Waals surface area contributed by atoms with E-state index in [1.807, 2.05) is 0 Å². The normalized spacial score (nSPS) is 12.0. The number of aliphatic hydroxyl groups excluding tert-OH is 1. The van der Waals surface area contributed by atoms with Gasteiger partial charge >= 0.3 is 12.3 Å². The van der Waals surface area contributed by atoms with Crippen molar-refractivity contribution in [2.45, 2.75) is 18.8 Å². The van der Waals surface area contributed by atoms with E-state index in [1.165, 1.54) is 25.6 Å². The van der Waals surface area contributed by atoms with E-state index >= 15 is 0 Å². The maximum atomic E-state index is 13.0. The number of alkyl halides is 3. The van der Waals surface area contributed by atoms with Gasteiger partial charge in [0.2, 0.25) is 0 Å². The number of hydrogen-bond acceptors (Lipinski definition) is 6. The molecule has 0 saturated heterocycles. The van der Waals surface area contributed by atoms with Crippen LogP contribution < -0.4 is 10.6 Å². The zero-order valence-electron chi connectivity index (χ0n) is 14.3. The van der Waals surface area contributed by atoms with Gasteiger partial charge in [0.1, 0.15) is 0 Å². The zero-order valence-corrected chi connectivity index (χ0v) is 14.3. The van der Waals surface area contributed by atoms with Crippen molar-refractivity contribution in [1.29, 1.82) is 5.26 Å². The van der Waals surface area contributed by atoms with Crippen LogP contribution in [0.3, 0.4) is 0 Å². The van der Waals surface area contributed by atoms with Crippen molar-refractivity contribution in [3.63, 3.8) is 0 Å². The maximum absolute atomic E-state index is 13.0. The number of carbonyl (C=O) groups excluding carboxylic acids is 2. The van der Waals surface area contributed by atoms with Gasteiger partial charge < -0.3 is 15.2 Å². The van der Waals surface area contributed by atoms with Gasteiger partial charge in [0.25, 0.3) is 5.91 Å². The second-order valence-electron chi connectivity index (χ2n) is 5.44. The van der Waals surface area contributed by atoms with Crippen LogP contribution in [0.15, 0.2) is 30.6 Å². The highest BCUT2D eigenvalue weighted by Crippen LogP contribution is 2.33. The number of rotatable bonds is 5. The van der Waals surface area contributed by atoms with Crippen LogP contribution in [0.25, 0.3) is 0 Å². The number of nitrogens with one attached hydrogen (secondary N) is 2. The van der Waals surface area contributed by atoms with Gasteiger partial charge in [0.05, 0.1) is 42.7 Å². The van der Waals surface area contributed by atoms with Crippen molar-refractivity contribution < 1.29 is 32.6 Å². The minimum Gasteiger partial charge on any atom is -0.453 e. The molecule has 0 aliphatic rings. The van der Waals surface area contributed by atoms with Gasteiger partial charge in [-0.3, -0.25) is 14.8 Å². The molecule has 0 spiro atoms. The molecule has 1 unspecified atom stereocenters. The molecule has 12 heteroatoms. The molecule has 0 aliphatic carbocycles. The van der Waals surface area contributed by atoms with E-state index in [0.29, 0.717) is 6.07 Å². The average Bonchev–Trinajstić information content (AvgIpc) is 3.07. The third-order valence-electron chi connectivity index (χ3n) is 3.44. The third kappa shape index (κ3) is 5.21. The van der Waals surface area contributed by atoms with Crippen LogP contribution in [0.5, 0.6) is 0 Å². The van der Waals surface area contributed by atoms with Crippen LogP contribution >= 0.6 is 0 Å². The van der Waals surface area contributed by atoms with Crippen LogP contribution in [0.4, 0.5) is 29.3 Å². The summed E-state index contributed by atoms with van der Waals surface area (Å²) < 4.78 is 44.4. The van der Waals surface area contributed by atoms with Gasteiger partial charge in [0.15, 0.2) is 6.10 Å². The van der Waals surface area contributed by atoms with Crippen LogP contribution in [0, 0.1) is 11.3 Å². The highest BCUT2D eigenvalue weighted by molar-refractivity contribution is 5.94. The van der Waals surface area contributed by atoms with Crippen LogP contribution in [-0.4, -0.2) is 40.1 Å². The molecule has 1 aromatic carbocycles. The third-order valence-corrected chi connectivity index (χ3v) is 3.44. The molecule has 0 saturated carbocycles. The van der Waals surface area contributed by atoms with E-state index in [4.69, 9.17) is 5.26 Å². The molecule has 2 aromatic rings. The predicted molar refractivity (Wildman–Crippen MR) is 89.1 cm³/mol. The number of aromatic nitrogens is 2. The van der Waals surface area contributed by atoms with Crippen molar-refractivity contribution in [3.05, 3.63) is 41.7 Å². The van der Waals surface area contributed by atoms with E-state index in [9.17, 15) is 27.9 Å². The summed E-state index contributed by atoms with van der Waals surface area (Å²) in [4.78, 5) is 23.1. The van der Waals surface area contributed by atoms with Gasteiger partial charge in [0, 0.05) is 11.9 Å². The Morgan fingerprint density at radius 3 is 2.68 bits per heavy atom. The number of halogens is 3. The number of hydrogen-bond donors (Lipinski definition) is 3. The van der Waals surface area contributed by atoms with Gasteiger partial charge in [-0.15, -0.1) is 0 Å². The molecule has 1 aromatic heterocycles. The van der Waals surface area contributed by atoms with E-state index in [-0.39, 0.29) is 17.9 Å². The predicted octanol–water partition coefficient (Wildman–Crippen LogP) is 1.95. The summed E-state index contributed by atoms with van der Waals surface area (Å²) in [7, 11) is 1.17. The molecule has 148 valence electrons. The number of anilines is 2. The Morgan fingerprint density at radius 2 is 2.07 bits per heavy atom. The molecule has 0 radical (unpaired) electrons. The summed E-state index contributed by atoms with van der Waals surface area (Å²) in [6, 6.07) is 4.07. The van der Waals surface area contributed by atoms with Gasteiger partial charge in [-0.25, -0.2) is 4.79 Å². The largest absolute Gasteiger partial charge is 0.453 e. The summed E-state index contributed by atoms with van der Waals surface area (Å²) in [6.45, 7) is -0.322. The Labute approximate surface area is 156 Å². The number of benzene rings is 1. The van der Waals surface area contributed by atoms with Gasteiger partial charge in [-0.2, -0.15) is 23.5 Å². The van der Waals surface area contributed by atoms with E-state index in [0.717, 1.165) is 16.8 Å². The SMILES string of the molecule is COC(=O)Nc1cnn(CC(O)C(=O)Nc2ccc(C#N)c(C(F)(F)F)c2)c1. The first-order chi connectivity index (χ1) is 13.1. The van der Waals surface area contributed by atoms with Gasteiger partial charge in [-0.1, -0.05) is 0 Å². The molecule has 0 bridgehead atoms. The standard InChI is InChI=1S/C16H14F3N5O4/c1-28-15(27)23-11-6-21-24(7-11)8-13(25)14(26)22-10-3-2-9(5-20)12(4-10)16(17,18)19/h2-4,6-7,13,25H,8H2,1H3,(H,22,26)(H,23,27). The molecule has 0 fully saturated rings. The lowest BCUT2D eigenvalue weighted by Crippen LogP contribution is -2.31. The molecular formula is C16H14F3N5O4. The fourth-order valence-electron chi connectivity index (χ4n) is 2.14. The van der Waals surface area contributed by atoms with E-state index < -0.39 is 35.4 Å². The summed E-state index contributed by atoms with van der Waals surface area (Å²) in [5.41, 5.74) is -1.77. The van der Waals surface area contributed by atoms with Crippen LogP contribution in [-0.2, 0) is 22.3 Å². The average molecular weight is 397 g/mol. The first-order valence-corrected chi connectivity index (χ1v) is 7.61. The van der Waals surface area contributed by atoms with Crippen molar-refractivity contribution >= 4 is 23.4 Å². The summed E-state index contributed by atoms with van der Waals surface area (Å²) in [6.07, 6.45) is -4.59. The first-order valence-electron chi connectivity index (χ1n) is 7.61. The second-order valence-corrected chi connectivity index (χ2v) is 5.44. The topological polar surface area (TPSA) is 129 Å². The Kier molecular flexibility index (Phi) is 6.22. The Balaban J connectivity index is 2.05. The molecule has 28 heavy (non-hydrogen) atoms. The van der Waals surface area contributed by atoms with Gasteiger partial charge in [-0.05, 0) is 18.2 Å². The molecule has 1 atom stereocenters. The lowest BCUT2D eigenvalue weighted by molar-refractivity contribution is -0.137. The molecule has 2 amide bonds. The number of methoxy groups -OCH3 is 1. The Hall–Kier alpha value is -3.59. The first kappa shape index (κ1) is 20.7. The van der Waals surface area contributed by atoms with Crippen LogP contribution in [0.2, 0.25) is 0 Å². The molecular weight excluding hydrogens is 383 g/mol. The fourth-order valence-corrected chi connectivity index (χ4v) is 2.14. The monoisotopic (exact) mass is 397 g/mol. The lowest BCUT2D eigenvalue weighted by Gasteiger charge is -2.14. The van der Waals surface area contributed by atoms with Crippen molar-refractivity contribution in [2.75, 3.05) is 17.7 Å². The van der Waals surface area contributed by atoms with Crippen LogP contribution in [0.1, 0.15) is 11.1 Å². The number of aliphatic hydroxyl groups is 1.